The van der Waals surface area contributed by atoms with Crippen molar-refractivity contribution in [3.05, 3.63) is 71.1 Å². The van der Waals surface area contributed by atoms with Gasteiger partial charge in [0.05, 0.1) is 11.6 Å². The smallest absolute Gasteiger partial charge is 0.241 e. The number of Topliss-reactive ketones (excluding diaryl/α,β-unsaturated/α-hetero) is 1. The van der Waals surface area contributed by atoms with E-state index < -0.39 is 0 Å². The van der Waals surface area contributed by atoms with Gasteiger partial charge in [0.2, 0.25) is 11.7 Å². The van der Waals surface area contributed by atoms with Gasteiger partial charge >= 0.3 is 0 Å². The fourth-order valence-electron chi connectivity index (χ4n) is 3.45. The second-order valence-corrected chi connectivity index (χ2v) is 7.18. The molecule has 2 aromatic carbocycles. The Hall–Kier alpha value is -2.50. The summed E-state index contributed by atoms with van der Waals surface area (Å²) in [5.74, 6) is 1.40. The Morgan fingerprint density at radius 1 is 1.07 bits per heavy atom. The molecule has 1 fully saturated rings. The first-order valence-electron chi connectivity index (χ1n) is 9.10. The van der Waals surface area contributed by atoms with E-state index in [1.165, 1.54) is 0 Å². The van der Waals surface area contributed by atoms with E-state index in [2.05, 4.69) is 15.0 Å². The predicted molar refractivity (Wildman–Crippen MR) is 104 cm³/mol. The van der Waals surface area contributed by atoms with Crippen LogP contribution in [0.25, 0.3) is 11.4 Å². The standard InChI is InChI=1S/C21H20ClN3O2/c22-18-9-5-4-8-17(18)21-23-19(27-24-21)14-25-12-10-16(11-13-25)20(26)15-6-2-1-3-7-15/h1-9,16H,10-14H2. The minimum absolute atomic E-state index is 0.0880. The van der Waals surface area contributed by atoms with Crippen molar-refractivity contribution in [2.24, 2.45) is 5.92 Å². The molecule has 1 aliphatic heterocycles. The molecule has 5 nitrogen and oxygen atoms in total. The van der Waals surface area contributed by atoms with Crippen molar-refractivity contribution in [2.45, 2.75) is 19.4 Å². The van der Waals surface area contributed by atoms with Crippen molar-refractivity contribution in [3.8, 4) is 11.4 Å². The molecule has 0 spiro atoms. The zero-order chi connectivity index (χ0) is 18.6. The second-order valence-electron chi connectivity index (χ2n) is 6.77. The highest BCUT2D eigenvalue weighted by Gasteiger charge is 2.26. The number of halogens is 1. The van der Waals surface area contributed by atoms with Crippen LogP contribution in [0.2, 0.25) is 5.02 Å². The molecule has 0 atom stereocenters. The van der Waals surface area contributed by atoms with Crippen LogP contribution in [0.15, 0.2) is 59.1 Å². The van der Waals surface area contributed by atoms with Gasteiger partial charge in [-0.3, -0.25) is 9.69 Å². The van der Waals surface area contributed by atoms with E-state index in [0.29, 0.717) is 23.3 Å². The van der Waals surface area contributed by atoms with Crippen molar-refractivity contribution >= 4 is 17.4 Å². The molecule has 4 rings (SSSR count). The fourth-order valence-corrected chi connectivity index (χ4v) is 3.67. The summed E-state index contributed by atoms with van der Waals surface area (Å²) in [5.41, 5.74) is 1.57. The summed E-state index contributed by atoms with van der Waals surface area (Å²) in [5, 5.41) is 4.65. The molecule has 6 heteroatoms. The van der Waals surface area contributed by atoms with Gasteiger partial charge in [-0.25, -0.2) is 0 Å². The van der Waals surface area contributed by atoms with Crippen LogP contribution in [-0.4, -0.2) is 33.9 Å². The minimum Gasteiger partial charge on any atom is -0.338 e. The molecule has 0 N–H and O–H groups in total. The molecule has 1 aliphatic rings. The SMILES string of the molecule is O=C(c1ccccc1)C1CCN(Cc2nc(-c3ccccc3Cl)no2)CC1. The first-order valence-corrected chi connectivity index (χ1v) is 9.47. The molecular weight excluding hydrogens is 362 g/mol. The summed E-state index contributed by atoms with van der Waals surface area (Å²) in [7, 11) is 0. The molecule has 0 saturated carbocycles. The van der Waals surface area contributed by atoms with E-state index in [1.54, 1.807) is 6.07 Å². The number of carbonyl (C=O) groups excluding carboxylic acids is 1. The number of nitrogens with zero attached hydrogens (tertiary/aromatic N) is 3. The predicted octanol–water partition coefficient (Wildman–Crippen LogP) is 4.48. The Morgan fingerprint density at radius 2 is 1.78 bits per heavy atom. The van der Waals surface area contributed by atoms with E-state index in [1.807, 2.05) is 48.5 Å². The number of likely N-dealkylation sites (tertiary alicyclic amines) is 1. The van der Waals surface area contributed by atoms with E-state index >= 15 is 0 Å². The minimum atomic E-state index is 0.0880. The van der Waals surface area contributed by atoms with E-state index in [9.17, 15) is 4.79 Å². The molecule has 0 aliphatic carbocycles. The Kier molecular flexibility index (Phi) is 5.32. The lowest BCUT2D eigenvalue weighted by molar-refractivity contribution is 0.0825. The van der Waals surface area contributed by atoms with E-state index in [4.69, 9.17) is 16.1 Å². The number of carbonyl (C=O) groups is 1. The van der Waals surface area contributed by atoms with Crippen molar-refractivity contribution in [1.82, 2.24) is 15.0 Å². The van der Waals surface area contributed by atoms with Gasteiger partial charge in [-0.2, -0.15) is 4.98 Å². The van der Waals surface area contributed by atoms with E-state index in [0.717, 1.165) is 37.1 Å². The topological polar surface area (TPSA) is 59.2 Å². The summed E-state index contributed by atoms with van der Waals surface area (Å²) in [6.07, 6.45) is 1.69. The normalized spacial score (nSPS) is 15.7. The van der Waals surface area contributed by atoms with Crippen LogP contribution < -0.4 is 0 Å². The maximum absolute atomic E-state index is 12.6. The highest BCUT2D eigenvalue weighted by atomic mass is 35.5. The van der Waals surface area contributed by atoms with Gasteiger partial charge in [0.25, 0.3) is 0 Å². The van der Waals surface area contributed by atoms with Crippen molar-refractivity contribution in [2.75, 3.05) is 13.1 Å². The first-order chi connectivity index (χ1) is 13.2. The molecule has 0 unspecified atom stereocenters. The third-order valence-corrected chi connectivity index (χ3v) is 5.29. The Bertz CT molecular complexity index is 918. The highest BCUT2D eigenvalue weighted by molar-refractivity contribution is 6.33. The molecule has 1 saturated heterocycles. The Morgan fingerprint density at radius 3 is 2.52 bits per heavy atom. The van der Waals surface area contributed by atoms with Gasteiger partial charge in [-0.15, -0.1) is 0 Å². The average Bonchev–Trinajstić information content (AvgIpc) is 3.17. The van der Waals surface area contributed by atoms with Gasteiger partial charge in [-0.05, 0) is 38.1 Å². The number of hydrogen-bond donors (Lipinski definition) is 0. The number of aromatic nitrogens is 2. The maximum Gasteiger partial charge on any atom is 0.241 e. The van der Waals surface area contributed by atoms with Crippen LogP contribution in [0.1, 0.15) is 29.1 Å². The van der Waals surface area contributed by atoms with Gasteiger partial charge < -0.3 is 4.52 Å². The number of hydrogen-bond acceptors (Lipinski definition) is 5. The Labute approximate surface area is 163 Å². The summed E-state index contributed by atoms with van der Waals surface area (Å²) in [6, 6.07) is 17.0. The lowest BCUT2D eigenvalue weighted by Gasteiger charge is -2.30. The van der Waals surface area contributed by atoms with Crippen LogP contribution in [-0.2, 0) is 6.54 Å². The van der Waals surface area contributed by atoms with Crippen LogP contribution in [0.3, 0.4) is 0 Å². The van der Waals surface area contributed by atoms with Gasteiger partial charge in [0.1, 0.15) is 0 Å². The number of benzene rings is 2. The number of piperidine rings is 1. The van der Waals surface area contributed by atoms with Crippen molar-refractivity contribution in [3.63, 3.8) is 0 Å². The van der Waals surface area contributed by atoms with Crippen molar-refractivity contribution in [1.29, 1.82) is 0 Å². The third kappa shape index (κ3) is 4.10. The quantitative estimate of drug-likeness (QED) is 0.609. The molecule has 0 amide bonds. The molecular formula is C21H20ClN3O2. The van der Waals surface area contributed by atoms with Crippen LogP contribution in [0.5, 0.6) is 0 Å². The number of rotatable bonds is 5. The first kappa shape index (κ1) is 17.9. The van der Waals surface area contributed by atoms with Gasteiger partial charge in [0.15, 0.2) is 5.78 Å². The van der Waals surface area contributed by atoms with Crippen LogP contribution in [0, 0.1) is 5.92 Å². The van der Waals surface area contributed by atoms with Gasteiger partial charge in [-0.1, -0.05) is 59.2 Å². The molecule has 27 heavy (non-hydrogen) atoms. The van der Waals surface area contributed by atoms with Crippen molar-refractivity contribution < 1.29 is 9.32 Å². The largest absolute Gasteiger partial charge is 0.338 e. The van der Waals surface area contributed by atoms with Crippen LogP contribution >= 0.6 is 11.6 Å². The lowest BCUT2D eigenvalue weighted by atomic mass is 9.89. The summed E-state index contributed by atoms with van der Waals surface area (Å²) < 4.78 is 5.39. The number of ketones is 1. The third-order valence-electron chi connectivity index (χ3n) is 4.96. The molecule has 1 aromatic heterocycles. The summed E-state index contributed by atoms with van der Waals surface area (Å²) in [4.78, 5) is 19.3. The Balaban J connectivity index is 1.35. The fraction of sp³-hybridized carbons (Fsp3) is 0.286. The molecule has 3 aromatic rings. The maximum atomic E-state index is 12.6. The highest BCUT2D eigenvalue weighted by Crippen LogP contribution is 2.26. The van der Waals surface area contributed by atoms with E-state index in [-0.39, 0.29) is 11.7 Å². The molecule has 0 bridgehead atoms. The zero-order valence-corrected chi connectivity index (χ0v) is 15.6. The summed E-state index contributed by atoms with van der Waals surface area (Å²) in [6.45, 7) is 2.27. The molecule has 2 heterocycles. The molecule has 0 radical (unpaired) electrons. The van der Waals surface area contributed by atoms with Crippen LogP contribution in [0.4, 0.5) is 0 Å². The zero-order valence-electron chi connectivity index (χ0n) is 14.8. The average molecular weight is 382 g/mol. The molecule has 138 valence electrons. The monoisotopic (exact) mass is 381 g/mol. The lowest BCUT2D eigenvalue weighted by Crippen LogP contribution is -2.36. The second kappa shape index (κ2) is 8.03. The summed E-state index contributed by atoms with van der Waals surface area (Å²) >= 11 is 6.19. The van der Waals surface area contributed by atoms with Gasteiger partial charge in [0, 0.05) is 17.0 Å².